The second-order valence-corrected chi connectivity index (χ2v) is 11.7. The van der Waals surface area contributed by atoms with E-state index in [1.54, 1.807) is 0 Å². The van der Waals surface area contributed by atoms with Crippen LogP contribution in [0.4, 0.5) is 0 Å². The van der Waals surface area contributed by atoms with E-state index in [9.17, 15) is 14.4 Å². The van der Waals surface area contributed by atoms with Gasteiger partial charge in [0.2, 0.25) is 17.7 Å². The van der Waals surface area contributed by atoms with Gasteiger partial charge in [-0.05, 0) is 78.0 Å². The summed E-state index contributed by atoms with van der Waals surface area (Å²) in [6, 6.07) is 26.7. The van der Waals surface area contributed by atoms with Crippen molar-refractivity contribution in [2.75, 3.05) is 26.2 Å². The van der Waals surface area contributed by atoms with E-state index in [1.807, 2.05) is 72.8 Å². The molecule has 1 aliphatic heterocycles. The van der Waals surface area contributed by atoms with Crippen molar-refractivity contribution in [2.24, 2.45) is 11.7 Å². The van der Waals surface area contributed by atoms with Crippen LogP contribution < -0.4 is 27.0 Å². The number of benzene rings is 4. The van der Waals surface area contributed by atoms with Crippen molar-refractivity contribution in [1.29, 1.82) is 0 Å². The van der Waals surface area contributed by atoms with Crippen LogP contribution in [0.5, 0.6) is 0 Å². The van der Waals surface area contributed by atoms with Crippen LogP contribution in [-0.4, -0.2) is 56.0 Å². The number of hydrogen-bond acceptors (Lipinski definition) is 5. The Labute approximate surface area is 259 Å². The molecule has 0 aliphatic carbocycles. The summed E-state index contributed by atoms with van der Waals surface area (Å²) < 4.78 is 0. The lowest BCUT2D eigenvalue weighted by atomic mass is 9.95. The fraction of sp³-hybridized carbons (Fsp3) is 0.361. The van der Waals surface area contributed by atoms with Gasteiger partial charge in [-0.3, -0.25) is 14.4 Å². The molecular formula is C36H43N5O3. The van der Waals surface area contributed by atoms with E-state index in [1.165, 1.54) is 0 Å². The highest BCUT2D eigenvalue weighted by atomic mass is 16.2. The molecule has 1 saturated heterocycles. The van der Waals surface area contributed by atoms with E-state index >= 15 is 0 Å². The van der Waals surface area contributed by atoms with Gasteiger partial charge in [0.05, 0.1) is 0 Å². The van der Waals surface area contributed by atoms with Crippen molar-refractivity contribution >= 4 is 39.3 Å². The first kappa shape index (κ1) is 31.2. The zero-order valence-corrected chi connectivity index (χ0v) is 25.2. The fourth-order valence-corrected chi connectivity index (χ4v) is 5.87. The molecule has 4 aromatic carbocycles. The highest BCUT2D eigenvalue weighted by Crippen LogP contribution is 2.19. The summed E-state index contributed by atoms with van der Waals surface area (Å²) in [6.07, 6.45) is 3.66. The minimum absolute atomic E-state index is 0.121. The van der Waals surface area contributed by atoms with Crippen molar-refractivity contribution in [3.8, 4) is 0 Å². The second-order valence-electron chi connectivity index (χ2n) is 11.7. The van der Waals surface area contributed by atoms with Gasteiger partial charge in [-0.15, -0.1) is 0 Å². The lowest BCUT2D eigenvalue weighted by molar-refractivity contribution is -0.133. The summed E-state index contributed by atoms with van der Waals surface area (Å²) in [6.45, 7) is 2.59. The Kier molecular flexibility index (Phi) is 10.9. The van der Waals surface area contributed by atoms with E-state index in [0.717, 1.165) is 71.4 Å². The SMILES string of the molecule is NCCCCNC(=O)[C@H](Cc1ccc2ccccc2c1)NC(=O)[C@H](Cc1ccc2ccccc2c1)NC(=O)C1CCNCC1. The highest BCUT2D eigenvalue weighted by Gasteiger charge is 2.30. The summed E-state index contributed by atoms with van der Waals surface area (Å²) in [5.41, 5.74) is 7.51. The lowest BCUT2D eigenvalue weighted by Gasteiger charge is -2.27. The van der Waals surface area contributed by atoms with Gasteiger partial charge in [-0.25, -0.2) is 0 Å². The third kappa shape index (κ3) is 8.42. The molecule has 3 amide bonds. The van der Waals surface area contributed by atoms with Crippen LogP contribution in [0.1, 0.15) is 36.8 Å². The maximum Gasteiger partial charge on any atom is 0.243 e. The predicted molar refractivity (Wildman–Crippen MR) is 176 cm³/mol. The summed E-state index contributed by atoms with van der Waals surface area (Å²) in [7, 11) is 0. The van der Waals surface area contributed by atoms with Gasteiger partial charge >= 0.3 is 0 Å². The van der Waals surface area contributed by atoms with Crippen molar-refractivity contribution < 1.29 is 14.4 Å². The number of amides is 3. The Morgan fingerprint density at radius 1 is 0.705 bits per heavy atom. The predicted octanol–water partition coefficient (Wildman–Crippen LogP) is 3.60. The summed E-state index contributed by atoms with van der Waals surface area (Å²) >= 11 is 0. The first-order valence-electron chi connectivity index (χ1n) is 15.7. The molecule has 8 heteroatoms. The van der Waals surface area contributed by atoms with Gasteiger partial charge in [0.25, 0.3) is 0 Å². The number of hydrogen-bond donors (Lipinski definition) is 5. The Balaban J connectivity index is 1.37. The van der Waals surface area contributed by atoms with Crippen LogP contribution in [0.2, 0.25) is 0 Å². The first-order chi connectivity index (χ1) is 21.5. The van der Waals surface area contributed by atoms with E-state index in [-0.39, 0.29) is 23.6 Å². The van der Waals surface area contributed by atoms with E-state index < -0.39 is 12.1 Å². The molecule has 0 bridgehead atoms. The number of nitrogens with one attached hydrogen (secondary N) is 4. The van der Waals surface area contributed by atoms with Gasteiger partial charge < -0.3 is 27.0 Å². The topological polar surface area (TPSA) is 125 Å². The number of carbonyl (C=O) groups is 3. The zero-order valence-electron chi connectivity index (χ0n) is 25.2. The zero-order chi connectivity index (χ0) is 30.7. The molecule has 4 aromatic rings. The molecule has 1 heterocycles. The number of rotatable bonds is 13. The van der Waals surface area contributed by atoms with Gasteiger partial charge in [0.15, 0.2) is 0 Å². The summed E-state index contributed by atoms with van der Waals surface area (Å²) in [5, 5.41) is 16.7. The molecule has 2 atom stereocenters. The first-order valence-corrected chi connectivity index (χ1v) is 15.7. The average Bonchev–Trinajstić information content (AvgIpc) is 3.06. The Hall–Kier alpha value is -4.27. The molecule has 8 nitrogen and oxygen atoms in total. The van der Waals surface area contributed by atoms with Crippen LogP contribution in [0.25, 0.3) is 21.5 Å². The molecule has 1 aliphatic rings. The summed E-state index contributed by atoms with van der Waals surface area (Å²) in [5.74, 6) is -0.895. The second kappa shape index (κ2) is 15.5. The van der Waals surface area contributed by atoms with Crippen LogP contribution in [-0.2, 0) is 27.2 Å². The standard InChI is InChI=1S/C36H43N5O3/c37-17-5-6-18-39-35(43)32(23-25-11-13-27-7-1-3-9-30(27)21-25)41-36(44)33(40-34(42)29-15-19-38-20-16-29)24-26-12-14-28-8-2-4-10-31(28)22-26/h1-4,7-14,21-22,29,32-33,38H,5-6,15-20,23-24,37H2,(H,39,43)(H,40,42)(H,41,44)/t32-,33-/m0/s1. The summed E-state index contributed by atoms with van der Waals surface area (Å²) in [4.78, 5) is 40.8. The smallest absolute Gasteiger partial charge is 0.243 e. The molecule has 0 spiro atoms. The van der Waals surface area contributed by atoms with Crippen molar-refractivity contribution in [1.82, 2.24) is 21.3 Å². The molecule has 6 N–H and O–H groups in total. The molecule has 0 unspecified atom stereocenters. The molecule has 5 rings (SSSR count). The van der Waals surface area contributed by atoms with Gasteiger partial charge in [0, 0.05) is 25.3 Å². The molecule has 44 heavy (non-hydrogen) atoms. The van der Waals surface area contributed by atoms with Crippen molar-refractivity contribution in [3.05, 3.63) is 96.1 Å². The molecule has 1 fully saturated rings. The van der Waals surface area contributed by atoms with E-state index in [4.69, 9.17) is 5.73 Å². The van der Waals surface area contributed by atoms with Crippen LogP contribution in [0, 0.1) is 5.92 Å². The molecule has 0 saturated carbocycles. The van der Waals surface area contributed by atoms with Gasteiger partial charge in [-0.1, -0.05) is 84.9 Å². The fourth-order valence-electron chi connectivity index (χ4n) is 5.87. The largest absolute Gasteiger partial charge is 0.354 e. The third-order valence-corrected chi connectivity index (χ3v) is 8.41. The normalized spacial score (nSPS) is 15.0. The third-order valence-electron chi connectivity index (χ3n) is 8.41. The molecule has 230 valence electrons. The minimum Gasteiger partial charge on any atom is -0.354 e. The number of piperidine rings is 1. The Morgan fingerprint density at radius 3 is 1.82 bits per heavy atom. The number of carbonyl (C=O) groups excluding carboxylic acids is 3. The van der Waals surface area contributed by atoms with Crippen molar-refractivity contribution in [3.63, 3.8) is 0 Å². The lowest BCUT2D eigenvalue weighted by Crippen LogP contribution is -2.56. The van der Waals surface area contributed by atoms with Crippen LogP contribution >= 0.6 is 0 Å². The molecular weight excluding hydrogens is 550 g/mol. The van der Waals surface area contributed by atoms with Gasteiger partial charge in [-0.2, -0.15) is 0 Å². The monoisotopic (exact) mass is 593 g/mol. The van der Waals surface area contributed by atoms with Gasteiger partial charge in [0.1, 0.15) is 12.1 Å². The maximum atomic E-state index is 14.0. The maximum absolute atomic E-state index is 14.0. The van der Waals surface area contributed by atoms with Crippen LogP contribution in [0.3, 0.4) is 0 Å². The number of fused-ring (bicyclic) bond motifs is 2. The molecule has 0 radical (unpaired) electrons. The van der Waals surface area contributed by atoms with E-state index in [0.29, 0.717) is 25.9 Å². The highest BCUT2D eigenvalue weighted by molar-refractivity contribution is 5.93. The van der Waals surface area contributed by atoms with Crippen molar-refractivity contribution in [2.45, 2.75) is 50.6 Å². The van der Waals surface area contributed by atoms with Crippen LogP contribution in [0.15, 0.2) is 84.9 Å². The Morgan fingerprint density at radius 2 is 1.25 bits per heavy atom. The average molecular weight is 594 g/mol. The molecule has 0 aromatic heterocycles. The quantitative estimate of drug-likeness (QED) is 0.152. The number of nitrogens with two attached hydrogens (primary N) is 1. The Bertz CT molecular complexity index is 1580. The number of unbranched alkanes of at least 4 members (excludes halogenated alkanes) is 1. The minimum atomic E-state index is -0.831. The van der Waals surface area contributed by atoms with E-state index in [2.05, 4.69) is 33.4 Å².